The van der Waals surface area contributed by atoms with E-state index in [0.29, 0.717) is 23.4 Å². The quantitative estimate of drug-likeness (QED) is 0.920. The maximum atomic E-state index is 14.6. The molecule has 0 unspecified atom stereocenters. The molecular weight excluding hydrogens is 317 g/mol. The first-order chi connectivity index (χ1) is 11.9. The smallest absolute Gasteiger partial charge is 0.227 e. The van der Waals surface area contributed by atoms with Crippen molar-refractivity contribution in [2.24, 2.45) is 0 Å². The number of halogens is 1. The normalized spacial score (nSPS) is 15.7. The van der Waals surface area contributed by atoms with Crippen LogP contribution in [0.2, 0.25) is 0 Å². The lowest BCUT2D eigenvalue weighted by atomic mass is 10.0. The number of nitrogens with one attached hydrogen (secondary N) is 1. The van der Waals surface area contributed by atoms with Crippen LogP contribution in [0.5, 0.6) is 0 Å². The Bertz CT molecular complexity index is 718. The van der Waals surface area contributed by atoms with Gasteiger partial charge in [0.2, 0.25) is 5.95 Å². The van der Waals surface area contributed by atoms with Crippen molar-refractivity contribution < 1.29 is 4.39 Å². The molecule has 1 aliphatic heterocycles. The van der Waals surface area contributed by atoms with Crippen LogP contribution >= 0.6 is 0 Å². The molecular formula is C19H26FN5. The van der Waals surface area contributed by atoms with Crippen LogP contribution in [-0.4, -0.2) is 48.1 Å². The molecule has 0 atom stereocenters. The summed E-state index contributed by atoms with van der Waals surface area (Å²) in [5, 5.41) is 3.09. The average molecular weight is 343 g/mol. The fourth-order valence-electron chi connectivity index (χ4n) is 3.38. The Morgan fingerprint density at radius 1 is 1.08 bits per heavy atom. The third-order valence-electron chi connectivity index (χ3n) is 4.72. The third kappa shape index (κ3) is 4.25. The highest BCUT2D eigenvalue weighted by Gasteiger charge is 2.22. The van der Waals surface area contributed by atoms with Crippen molar-refractivity contribution in [2.75, 3.05) is 37.4 Å². The predicted molar refractivity (Wildman–Crippen MR) is 100 cm³/mol. The number of hydrogen-bond acceptors (Lipinski definition) is 5. The Labute approximate surface area is 148 Å². The molecule has 1 saturated heterocycles. The Morgan fingerprint density at radius 2 is 1.72 bits per heavy atom. The standard InChI is InChI=1S/C19H26FN5/c1-13-11-14(2)22-19(21-13)23-15-5-6-18(17(20)12-15)25-9-7-16(8-10-25)24(3)4/h5-6,11-12,16H,7-10H2,1-4H3,(H,21,22,23). The average Bonchev–Trinajstić information content (AvgIpc) is 2.54. The minimum atomic E-state index is -0.210. The Balaban J connectivity index is 1.71. The number of benzene rings is 1. The van der Waals surface area contributed by atoms with Gasteiger partial charge in [0, 0.05) is 36.2 Å². The van der Waals surface area contributed by atoms with Crippen molar-refractivity contribution in [3.63, 3.8) is 0 Å². The highest BCUT2D eigenvalue weighted by molar-refractivity contribution is 5.60. The molecule has 0 bridgehead atoms. The fourth-order valence-corrected chi connectivity index (χ4v) is 3.38. The van der Waals surface area contributed by atoms with Crippen LogP contribution in [0.4, 0.5) is 21.7 Å². The van der Waals surface area contributed by atoms with E-state index >= 15 is 0 Å². The summed E-state index contributed by atoms with van der Waals surface area (Å²) in [5.41, 5.74) is 3.10. The van der Waals surface area contributed by atoms with E-state index in [1.54, 1.807) is 0 Å². The second-order valence-corrected chi connectivity index (χ2v) is 6.95. The van der Waals surface area contributed by atoms with Gasteiger partial charge in [-0.3, -0.25) is 0 Å². The van der Waals surface area contributed by atoms with Crippen LogP contribution in [0.15, 0.2) is 24.3 Å². The number of aromatic nitrogens is 2. The predicted octanol–water partition coefficient (Wildman–Crippen LogP) is 3.51. The topological polar surface area (TPSA) is 44.3 Å². The maximum absolute atomic E-state index is 14.6. The van der Waals surface area contributed by atoms with Gasteiger partial charge >= 0.3 is 0 Å². The molecule has 0 aliphatic carbocycles. The van der Waals surface area contributed by atoms with Gasteiger partial charge in [-0.2, -0.15) is 0 Å². The van der Waals surface area contributed by atoms with E-state index in [2.05, 4.69) is 39.2 Å². The van der Waals surface area contributed by atoms with Gasteiger partial charge in [0.25, 0.3) is 0 Å². The molecule has 1 N–H and O–H groups in total. The summed E-state index contributed by atoms with van der Waals surface area (Å²) in [5.74, 6) is 0.286. The SMILES string of the molecule is Cc1cc(C)nc(Nc2ccc(N3CCC(N(C)C)CC3)c(F)c2)n1. The fraction of sp³-hybridized carbons (Fsp3) is 0.474. The van der Waals surface area contributed by atoms with E-state index in [4.69, 9.17) is 0 Å². The van der Waals surface area contributed by atoms with Gasteiger partial charge in [0.15, 0.2) is 0 Å². The molecule has 5 nitrogen and oxygen atoms in total. The van der Waals surface area contributed by atoms with Crippen LogP contribution in [0, 0.1) is 19.7 Å². The van der Waals surface area contributed by atoms with Crippen molar-refractivity contribution >= 4 is 17.3 Å². The highest BCUT2D eigenvalue weighted by Crippen LogP contribution is 2.27. The van der Waals surface area contributed by atoms with Crippen LogP contribution in [0.1, 0.15) is 24.2 Å². The van der Waals surface area contributed by atoms with Crippen LogP contribution in [0.3, 0.4) is 0 Å². The van der Waals surface area contributed by atoms with Gasteiger partial charge in [-0.1, -0.05) is 0 Å². The molecule has 0 saturated carbocycles. The van der Waals surface area contributed by atoms with Crippen molar-refractivity contribution in [3.05, 3.63) is 41.5 Å². The summed E-state index contributed by atoms with van der Waals surface area (Å²) in [4.78, 5) is 13.1. The van der Waals surface area contributed by atoms with E-state index in [1.807, 2.05) is 32.0 Å². The minimum Gasteiger partial charge on any atom is -0.369 e. The van der Waals surface area contributed by atoms with E-state index in [1.165, 1.54) is 6.07 Å². The van der Waals surface area contributed by atoms with Gasteiger partial charge in [0.05, 0.1) is 5.69 Å². The van der Waals surface area contributed by atoms with Crippen LogP contribution < -0.4 is 10.2 Å². The molecule has 1 aromatic carbocycles. The monoisotopic (exact) mass is 343 g/mol. The van der Waals surface area contributed by atoms with Crippen LogP contribution in [-0.2, 0) is 0 Å². The van der Waals surface area contributed by atoms with Crippen molar-refractivity contribution in [1.29, 1.82) is 0 Å². The molecule has 2 aromatic rings. The molecule has 1 aliphatic rings. The first kappa shape index (κ1) is 17.6. The summed E-state index contributed by atoms with van der Waals surface area (Å²) >= 11 is 0. The number of nitrogens with zero attached hydrogens (tertiary/aromatic N) is 4. The molecule has 1 fully saturated rings. The molecule has 134 valence electrons. The Morgan fingerprint density at radius 3 is 2.28 bits per heavy atom. The highest BCUT2D eigenvalue weighted by atomic mass is 19.1. The molecule has 0 spiro atoms. The summed E-state index contributed by atoms with van der Waals surface area (Å²) in [7, 11) is 4.22. The van der Waals surface area contributed by atoms with E-state index < -0.39 is 0 Å². The molecule has 6 heteroatoms. The number of anilines is 3. The third-order valence-corrected chi connectivity index (χ3v) is 4.72. The molecule has 25 heavy (non-hydrogen) atoms. The van der Waals surface area contributed by atoms with Crippen LogP contribution in [0.25, 0.3) is 0 Å². The van der Waals surface area contributed by atoms with Gasteiger partial charge in [-0.05, 0) is 65.0 Å². The second kappa shape index (κ2) is 7.35. The summed E-state index contributed by atoms with van der Waals surface area (Å²) in [6, 6.07) is 7.75. The lowest BCUT2D eigenvalue weighted by molar-refractivity contribution is 0.249. The number of aryl methyl sites for hydroxylation is 2. The number of piperidine rings is 1. The van der Waals surface area contributed by atoms with Crippen molar-refractivity contribution in [1.82, 2.24) is 14.9 Å². The zero-order valence-electron chi connectivity index (χ0n) is 15.4. The van der Waals surface area contributed by atoms with Gasteiger partial charge < -0.3 is 15.1 Å². The first-order valence-corrected chi connectivity index (χ1v) is 8.72. The van der Waals surface area contributed by atoms with Gasteiger partial charge in [-0.25, -0.2) is 14.4 Å². The van der Waals surface area contributed by atoms with E-state index in [-0.39, 0.29) is 5.82 Å². The minimum absolute atomic E-state index is 0.210. The summed E-state index contributed by atoms with van der Waals surface area (Å²) in [6.07, 6.45) is 2.12. The molecule has 1 aromatic heterocycles. The van der Waals surface area contributed by atoms with Gasteiger partial charge in [-0.15, -0.1) is 0 Å². The maximum Gasteiger partial charge on any atom is 0.227 e. The molecule has 0 radical (unpaired) electrons. The molecule has 3 rings (SSSR count). The largest absolute Gasteiger partial charge is 0.369 e. The number of rotatable bonds is 4. The van der Waals surface area contributed by atoms with Crippen molar-refractivity contribution in [3.8, 4) is 0 Å². The molecule has 2 heterocycles. The van der Waals surface area contributed by atoms with Crippen molar-refractivity contribution in [2.45, 2.75) is 32.7 Å². The second-order valence-electron chi connectivity index (χ2n) is 6.95. The summed E-state index contributed by atoms with van der Waals surface area (Å²) < 4.78 is 14.6. The van der Waals surface area contributed by atoms with E-state index in [9.17, 15) is 4.39 Å². The lowest BCUT2D eigenvalue weighted by Crippen LogP contribution is -2.42. The Kier molecular flexibility index (Phi) is 5.18. The lowest BCUT2D eigenvalue weighted by Gasteiger charge is -2.36. The van der Waals surface area contributed by atoms with Gasteiger partial charge in [0.1, 0.15) is 5.82 Å². The number of hydrogen-bond donors (Lipinski definition) is 1. The summed E-state index contributed by atoms with van der Waals surface area (Å²) in [6.45, 7) is 5.60. The zero-order valence-corrected chi connectivity index (χ0v) is 15.4. The molecule has 0 amide bonds. The van der Waals surface area contributed by atoms with E-state index in [0.717, 1.165) is 37.3 Å². The first-order valence-electron chi connectivity index (χ1n) is 8.72. The zero-order chi connectivity index (χ0) is 18.0. The Hall–Kier alpha value is -2.21.